The number of hydrogen-bond donors (Lipinski definition) is 2. The number of anilines is 2. The summed E-state index contributed by atoms with van der Waals surface area (Å²) in [5.41, 5.74) is 7.73. The van der Waals surface area contributed by atoms with Crippen LogP contribution in [0.15, 0.2) is 0 Å². The fourth-order valence-electron chi connectivity index (χ4n) is 2.53. The van der Waals surface area contributed by atoms with Crippen LogP contribution in [-0.2, 0) is 6.54 Å². The van der Waals surface area contributed by atoms with E-state index in [1.807, 2.05) is 11.6 Å². The molecule has 5 nitrogen and oxygen atoms in total. The van der Waals surface area contributed by atoms with Gasteiger partial charge in [0.2, 0.25) is 0 Å². The predicted octanol–water partition coefficient (Wildman–Crippen LogP) is 1.69. The summed E-state index contributed by atoms with van der Waals surface area (Å²) < 4.78 is 1.94. The first-order valence-electron chi connectivity index (χ1n) is 7.01. The maximum Gasteiger partial charge on any atom is 0.148 e. The minimum atomic E-state index is 0.790. The molecule has 102 valence electrons. The summed E-state index contributed by atoms with van der Waals surface area (Å²) in [4.78, 5) is 2.54. The molecule has 3 N–H and O–H groups in total. The van der Waals surface area contributed by atoms with Gasteiger partial charge in [-0.1, -0.05) is 0 Å². The molecule has 1 fully saturated rings. The Kier molecular flexibility index (Phi) is 4.47. The number of rotatable bonds is 6. The summed E-state index contributed by atoms with van der Waals surface area (Å²) in [5.74, 6) is 0.983. The first-order chi connectivity index (χ1) is 8.72. The Labute approximate surface area is 109 Å². The number of aromatic nitrogens is 2. The number of nitrogens with zero attached hydrogens (tertiary/aromatic N) is 3. The van der Waals surface area contributed by atoms with Gasteiger partial charge in [-0.05, 0) is 52.7 Å². The minimum absolute atomic E-state index is 0.790. The summed E-state index contributed by atoms with van der Waals surface area (Å²) in [5, 5.41) is 7.83. The van der Waals surface area contributed by atoms with Crippen molar-refractivity contribution in [1.82, 2.24) is 14.7 Å². The fraction of sp³-hybridized carbons (Fsp3) is 0.769. The zero-order chi connectivity index (χ0) is 13.0. The molecule has 0 unspecified atom stereocenters. The smallest absolute Gasteiger partial charge is 0.148 e. The SMILES string of the molecule is CCn1nc(C)c(N)c1NCCCN1CCCC1. The zero-order valence-electron chi connectivity index (χ0n) is 11.6. The number of nitrogen functional groups attached to an aromatic ring is 1. The summed E-state index contributed by atoms with van der Waals surface area (Å²) in [6, 6.07) is 0. The van der Waals surface area contributed by atoms with Crippen molar-refractivity contribution in [3.05, 3.63) is 5.69 Å². The highest BCUT2D eigenvalue weighted by atomic mass is 15.3. The normalized spacial score (nSPS) is 16.3. The van der Waals surface area contributed by atoms with E-state index in [-0.39, 0.29) is 0 Å². The number of likely N-dealkylation sites (tertiary alicyclic amines) is 1. The highest BCUT2D eigenvalue weighted by molar-refractivity contribution is 5.64. The highest BCUT2D eigenvalue weighted by Gasteiger charge is 2.12. The van der Waals surface area contributed by atoms with Crippen molar-refractivity contribution in [3.8, 4) is 0 Å². The maximum atomic E-state index is 6.03. The van der Waals surface area contributed by atoms with E-state index in [9.17, 15) is 0 Å². The van der Waals surface area contributed by atoms with Crippen molar-refractivity contribution in [2.24, 2.45) is 0 Å². The second-order valence-electron chi connectivity index (χ2n) is 4.99. The van der Waals surface area contributed by atoms with Gasteiger partial charge in [-0.15, -0.1) is 0 Å². The van der Waals surface area contributed by atoms with Crippen LogP contribution in [0.25, 0.3) is 0 Å². The lowest BCUT2D eigenvalue weighted by Gasteiger charge is -2.15. The molecule has 0 radical (unpaired) electrons. The Morgan fingerprint density at radius 3 is 2.72 bits per heavy atom. The summed E-state index contributed by atoms with van der Waals surface area (Å²) in [6.45, 7) is 9.59. The summed E-state index contributed by atoms with van der Waals surface area (Å²) >= 11 is 0. The minimum Gasteiger partial charge on any atom is -0.394 e. The van der Waals surface area contributed by atoms with Gasteiger partial charge < -0.3 is 16.0 Å². The molecule has 1 aromatic heterocycles. The predicted molar refractivity (Wildman–Crippen MR) is 75.8 cm³/mol. The van der Waals surface area contributed by atoms with Gasteiger partial charge in [0.1, 0.15) is 5.82 Å². The Hall–Kier alpha value is -1.23. The molecule has 0 bridgehead atoms. The largest absolute Gasteiger partial charge is 0.394 e. The molecule has 1 aliphatic rings. The number of aryl methyl sites for hydroxylation is 2. The topological polar surface area (TPSA) is 59.1 Å². The van der Waals surface area contributed by atoms with Gasteiger partial charge >= 0.3 is 0 Å². The molecule has 2 rings (SSSR count). The van der Waals surface area contributed by atoms with Gasteiger partial charge in [0, 0.05) is 13.1 Å². The van der Waals surface area contributed by atoms with Gasteiger partial charge in [-0.2, -0.15) is 5.10 Å². The molecular weight excluding hydrogens is 226 g/mol. The highest BCUT2D eigenvalue weighted by Crippen LogP contribution is 2.21. The molecule has 1 aromatic rings. The van der Waals surface area contributed by atoms with Gasteiger partial charge in [0.15, 0.2) is 0 Å². The molecule has 0 saturated carbocycles. The van der Waals surface area contributed by atoms with E-state index < -0.39 is 0 Å². The average Bonchev–Trinajstić information content (AvgIpc) is 2.96. The maximum absolute atomic E-state index is 6.03. The monoisotopic (exact) mass is 251 g/mol. The van der Waals surface area contributed by atoms with Gasteiger partial charge in [0.05, 0.1) is 11.4 Å². The van der Waals surface area contributed by atoms with E-state index in [0.717, 1.165) is 36.7 Å². The zero-order valence-corrected chi connectivity index (χ0v) is 11.6. The number of hydrogen-bond acceptors (Lipinski definition) is 4. The molecule has 2 heterocycles. The van der Waals surface area contributed by atoms with Crippen LogP contribution in [0.2, 0.25) is 0 Å². The van der Waals surface area contributed by atoms with Crippen molar-refractivity contribution in [3.63, 3.8) is 0 Å². The number of nitrogens with two attached hydrogens (primary N) is 1. The lowest BCUT2D eigenvalue weighted by molar-refractivity contribution is 0.337. The molecular formula is C13H25N5. The molecule has 5 heteroatoms. The van der Waals surface area contributed by atoms with Gasteiger partial charge in [0.25, 0.3) is 0 Å². The van der Waals surface area contributed by atoms with E-state index in [4.69, 9.17) is 5.73 Å². The molecule has 1 aliphatic heterocycles. The van der Waals surface area contributed by atoms with Crippen molar-refractivity contribution in [2.45, 2.75) is 39.7 Å². The molecule has 0 atom stereocenters. The third kappa shape index (κ3) is 2.96. The lowest BCUT2D eigenvalue weighted by Crippen LogP contribution is -2.22. The molecule has 18 heavy (non-hydrogen) atoms. The van der Waals surface area contributed by atoms with Crippen molar-refractivity contribution in [2.75, 3.05) is 37.2 Å². The van der Waals surface area contributed by atoms with Crippen LogP contribution < -0.4 is 11.1 Å². The Morgan fingerprint density at radius 1 is 1.33 bits per heavy atom. The molecule has 0 spiro atoms. The van der Waals surface area contributed by atoms with Crippen LogP contribution in [0.1, 0.15) is 31.9 Å². The Balaban J connectivity index is 1.78. The number of nitrogens with one attached hydrogen (secondary N) is 1. The first kappa shape index (κ1) is 13.2. The van der Waals surface area contributed by atoms with Crippen molar-refractivity contribution >= 4 is 11.5 Å². The van der Waals surface area contributed by atoms with Crippen molar-refractivity contribution < 1.29 is 0 Å². The quantitative estimate of drug-likeness (QED) is 0.755. The second-order valence-corrected chi connectivity index (χ2v) is 4.99. The van der Waals surface area contributed by atoms with Gasteiger partial charge in [-0.25, -0.2) is 4.68 Å². The van der Waals surface area contributed by atoms with Gasteiger partial charge in [-0.3, -0.25) is 0 Å². The van der Waals surface area contributed by atoms with Crippen LogP contribution in [0.4, 0.5) is 11.5 Å². The fourth-order valence-corrected chi connectivity index (χ4v) is 2.53. The van der Waals surface area contributed by atoms with E-state index in [1.54, 1.807) is 0 Å². The van der Waals surface area contributed by atoms with Crippen LogP contribution in [0, 0.1) is 6.92 Å². The van der Waals surface area contributed by atoms with Crippen molar-refractivity contribution in [1.29, 1.82) is 0 Å². The molecule has 0 aromatic carbocycles. The summed E-state index contributed by atoms with van der Waals surface area (Å²) in [6.07, 6.45) is 3.89. The second kappa shape index (κ2) is 6.09. The van der Waals surface area contributed by atoms with E-state index >= 15 is 0 Å². The van der Waals surface area contributed by atoms with E-state index in [0.29, 0.717) is 0 Å². The third-order valence-electron chi connectivity index (χ3n) is 3.62. The van der Waals surface area contributed by atoms with Crippen LogP contribution in [0.5, 0.6) is 0 Å². The molecule has 0 amide bonds. The lowest BCUT2D eigenvalue weighted by atomic mass is 10.3. The first-order valence-corrected chi connectivity index (χ1v) is 7.01. The van der Waals surface area contributed by atoms with Crippen LogP contribution >= 0.6 is 0 Å². The van der Waals surface area contributed by atoms with E-state index in [1.165, 1.54) is 32.5 Å². The Morgan fingerprint density at radius 2 is 2.06 bits per heavy atom. The average molecular weight is 251 g/mol. The van der Waals surface area contributed by atoms with E-state index in [2.05, 4.69) is 22.2 Å². The molecule has 1 saturated heterocycles. The third-order valence-corrected chi connectivity index (χ3v) is 3.62. The van der Waals surface area contributed by atoms with Crippen LogP contribution in [-0.4, -0.2) is 40.9 Å². The Bertz CT molecular complexity index is 379. The van der Waals surface area contributed by atoms with Crippen LogP contribution in [0.3, 0.4) is 0 Å². The summed E-state index contributed by atoms with van der Waals surface area (Å²) in [7, 11) is 0. The molecule has 0 aliphatic carbocycles. The standard InChI is InChI=1S/C13H25N5/c1-3-18-13(12(14)11(2)16-18)15-7-6-10-17-8-4-5-9-17/h15H,3-10,14H2,1-2H3.